The van der Waals surface area contributed by atoms with Crippen LogP contribution in [0, 0.1) is 23.2 Å². The van der Waals surface area contributed by atoms with E-state index in [1.165, 1.54) is 49.7 Å². The molecule has 0 saturated heterocycles. The second kappa shape index (κ2) is 7.62. The molecular weight excluding hydrogens is 360 g/mol. The third-order valence-corrected chi connectivity index (χ3v) is 7.84. The van der Waals surface area contributed by atoms with Crippen LogP contribution in [0.25, 0.3) is 5.57 Å². The van der Waals surface area contributed by atoms with E-state index in [0.717, 1.165) is 30.7 Å². The molecule has 0 radical (unpaired) electrons. The lowest BCUT2D eigenvalue weighted by Crippen LogP contribution is -2.49. The molecule has 4 fully saturated rings. The number of hydrogen-bond donors (Lipinski definition) is 1. The van der Waals surface area contributed by atoms with Crippen molar-refractivity contribution in [2.45, 2.75) is 51.4 Å². The molecular formula is C25H32N2O2. The Bertz CT molecular complexity index is 778. The van der Waals surface area contributed by atoms with Gasteiger partial charge in [-0.2, -0.15) is 0 Å². The van der Waals surface area contributed by atoms with E-state index in [2.05, 4.69) is 23.5 Å². The van der Waals surface area contributed by atoms with Crippen LogP contribution in [0.3, 0.4) is 0 Å². The summed E-state index contributed by atoms with van der Waals surface area (Å²) in [5.41, 5.74) is 2.78. The number of hydrogen-bond acceptors (Lipinski definition) is 2. The Labute approximate surface area is 173 Å². The SMILES string of the molecule is O=C(CC12CC3CC(CC(C3)C1)C2)NCC(=O)N1CC=C(c2ccccc2)CC1. The van der Waals surface area contributed by atoms with Crippen LogP contribution in [0.2, 0.25) is 0 Å². The predicted octanol–water partition coefficient (Wildman–Crippen LogP) is 4.03. The lowest BCUT2D eigenvalue weighted by atomic mass is 9.49. The quantitative estimate of drug-likeness (QED) is 0.823. The molecule has 4 nitrogen and oxygen atoms in total. The second-order valence-electron chi connectivity index (χ2n) is 10.1. The summed E-state index contributed by atoms with van der Waals surface area (Å²) in [5.74, 6) is 2.68. The van der Waals surface area contributed by atoms with Gasteiger partial charge in [0.05, 0.1) is 6.54 Å². The molecule has 0 spiro atoms. The molecule has 1 N–H and O–H groups in total. The van der Waals surface area contributed by atoms with Crippen molar-refractivity contribution >= 4 is 17.4 Å². The van der Waals surface area contributed by atoms with Crippen LogP contribution >= 0.6 is 0 Å². The van der Waals surface area contributed by atoms with E-state index in [4.69, 9.17) is 0 Å². The Balaban J connectivity index is 1.11. The fraction of sp³-hybridized carbons (Fsp3) is 0.600. The minimum atomic E-state index is 0.0345. The zero-order valence-electron chi connectivity index (χ0n) is 17.2. The van der Waals surface area contributed by atoms with Gasteiger partial charge in [-0.15, -0.1) is 0 Å². The van der Waals surface area contributed by atoms with E-state index in [-0.39, 0.29) is 23.8 Å². The van der Waals surface area contributed by atoms with Gasteiger partial charge in [0.2, 0.25) is 11.8 Å². The van der Waals surface area contributed by atoms with Crippen LogP contribution in [-0.4, -0.2) is 36.3 Å². The molecule has 5 aliphatic rings. The van der Waals surface area contributed by atoms with Gasteiger partial charge in [0, 0.05) is 19.5 Å². The number of nitrogens with zero attached hydrogens (tertiary/aromatic N) is 1. The first-order valence-electron chi connectivity index (χ1n) is 11.4. The average molecular weight is 393 g/mol. The molecule has 154 valence electrons. The van der Waals surface area contributed by atoms with Crippen LogP contribution in [0.4, 0.5) is 0 Å². The van der Waals surface area contributed by atoms with Crippen molar-refractivity contribution < 1.29 is 9.59 Å². The zero-order chi connectivity index (χ0) is 19.8. The van der Waals surface area contributed by atoms with Gasteiger partial charge in [0.25, 0.3) is 0 Å². The molecule has 0 atom stereocenters. The van der Waals surface area contributed by atoms with Gasteiger partial charge in [0.1, 0.15) is 0 Å². The van der Waals surface area contributed by atoms with Gasteiger partial charge >= 0.3 is 0 Å². The maximum atomic E-state index is 12.7. The summed E-state index contributed by atoms with van der Waals surface area (Å²) in [6.07, 6.45) is 11.5. The fourth-order valence-electron chi connectivity index (χ4n) is 7.01. The van der Waals surface area contributed by atoms with E-state index in [0.29, 0.717) is 13.0 Å². The van der Waals surface area contributed by atoms with Gasteiger partial charge in [-0.1, -0.05) is 36.4 Å². The maximum Gasteiger partial charge on any atom is 0.242 e. The highest BCUT2D eigenvalue weighted by molar-refractivity contribution is 5.85. The van der Waals surface area contributed by atoms with E-state index < -0.39 is 0 Å². The van der Waals surface area contributed by atoms with E-state index in [1.807, 2.05) is 23.1 Å². The highest BCUT2D eigenvalue weighted by atomic mass is 16.2. The van der Waals surface area contributed by atoms with Crippen molar-refractivity contribution in [3.05, 3.63) is 42.0 Å². The van der Waals surface area contributed by atoms with E-state index >= 15 is 0 Å². The monoisotopic (exact) mass is 392 g/mol. The number of rotatable bonds is 5. The highest BCUT2D eigenvalue weighted by Gasteiger charge is 2.51. The topological polar surface area (TPSA) is 49.4 Å². The van der Waals surface area contributed by atoms with Crippen LogP contribution in [0.15, 0.2) is 36.4 Å². The summed E-state index contributed by atoms with van der Waals surface area (Å²) < 4.78 is 0. The normalized spacial score (nSPS) is 32.8. The third kappa shape index (κ3) is 3.99. The summed E-state index contributed by atoms with van der Waals surface area (Å²) >= 11 is 0. The highest BCUT2D eigenvalue weighted by Crippen LogP contribution is 2.61. The molecule has 4 bridgehead atoms. The molecule has 6 rings (SSSR count). The Morgan fingerprint density at radius 3 is 2.24 bits per heavy atom. The largest absolute Gasteiger partial charge is 0.347 e. The van der Waals surface area contributed by atoms with Crippen LogP contribution < -0.4 is 5.32 Å². The van der Waals surface area contributed by atoms with Crippen molar-refractivity contribution in [1.82, 2.24) is 10.2 Å². The van der Waals surface area contributed by atoms with Crippen molar-refractivity contribution in [2.75, 3.05) is 19.6 Å². The third-order valence-electron chi connectivity index (χ3n) is 7.84. The molecule has 1 aromatic carbocycles. The molecule has 4 heteroatoms. The lowest BCUT2D eigenvalue weighted by molar-refractivity contribution is -0.135. The van der Waals surface area contributed by atoms with E-state index in [1.54, 1.807) is 0 Å². The van der Waals surface area contributed by atoms with Gasteiger partial charge in [0.15, 0.2) is 0 Å². The van der Waals surface area contributed by atoms with Gasteiger partial charge in [-0.05, 0) is 79.3 Å². The van der Waals surface area contributed by atoms with Crippen LogP contribution in [-0.2, 0) is 9.59 Å². The van der Waals surface area contributed by atoms with Gasteiger partial charge in [-0.3, -0.25) is 9.59 Å². The summed E-state index contributed by atoms with van der Waals surface area (Å²) in [4.78, 5) is 27.1. The number of nitrogens with one attached hydrogen (secondary N) is 1. The van der Waals surface area contributed by atoms with Crippen LogP contribution in [0.1, 0.15) is 56.9 Å². The van der Waals surface area contributed by atoms with Crippen molar-refractivity contribution in [2.24, 2.45) is 23.2 Å². The summed E-state index contributed by atoms with van der Waals surface area (Å²) in [6.45, 7) is 1.50. The first kappa shape index (κ1) is 18.9. The smallest absolute Gasteiger partial charge is 0.242 e. The molecule has 0 aromatic heterocycles. The Hall–Kier alpha value is -2.10. The van der Waals surface area contributed by atoms with Crippen molar-refractivity contribution in [3.63, 3.8) is 0 Å². The number of carbonyl (C=O) groups excluding carboxylic acids is 2. The zero-order valence-corrected chi connectivity index (χ0v) is 17.2. The average Bonchev–Trinajstić information content (AvgIpc) is 2.71. The molecule has 1 heterocycles. The second-order valence-corrected chi connectivity index (χ2v) is 10.1. The minimum Gasteiger partial charge on any atom is -0.347 e. The van der Waals surface area contributed by atoms with Gasteiger partial charge in [-0.25, -0.2) is 0 Å². The van der Waals surface area contributed by atoms with E-state index in [9.17, 15) is 9.59 Å². The van der Waals surface area contributed by atoms with Crippen molar-refractivity contribution in [1.29, 1.82) is 0 Å². The molecule has 4 aliphatic carbocycles. The number of amides is 2. The van der Waals surface area contributed by atoms with Crippen LogP contribution in [0.5, 0.6) is 0 Å². The Morgan fingerprint density at radius 2 is 1.66 bits per heavy atom. The summed E-state index contributed by atoms with van der Waals surface area (Å²) in [6, 6.07) is 10.4. The number of benzene rings is 1. The maximum absolute atomic E-state index is 12.7. The minimum absolute atomic E-state index is 0.0345. The Morgan fingerprint density at radius 1 is 1.00 bits per heavy atom. The molecule has 1 aliphatic heterocycles. The molecule has 1 aromatic rings. The van der Waals surface area contributed by atoms with Crippen molar-refractivity contribution in [3.8, 4) is 0 Å². The molecule has 0 unspecified atom stereocenters. The van der Waals surface area contributed by atoms with Gasteiger partial charge < -0.3 is 10.2 Å². The standard InChI is InChI=1S/C25H32N2O2/c28-23(16-25-13-18-10-19(14-25)12-20(11-18)15-25)26-17-24(29)27-8-6-22(7-9-27)21-4-2-1-3-5-21/h1-6,18-20H,7-17H2,(H,26,28). The molecule has 29 heavy (non-hydrogen) atoms. The number of carbonyl (C=O) groups is 2. The molecule has 4 saturated carbocycles. The first-order valence-corrected chi connectivity index (χ1v) is 11.4. The predicted molar refractivity (Wildman–Crippen MR) is 114 cm³/mol. The molecule has 2 amide bonds. The first-order chi connectivity index (χ1) is 14.1. The fourth-order valence-corrected chi connectivity index (χ4v) is 7.01. The Kier molecular flexibility index (Phi) is 4.97. The summed E-state index contributed by atoms with van der Waals surface area (Å²) in [5, 5.41) is 2.95. The lowest BCUT2D eigenvalue weighted by Gasteiger charge is -2.56. The summed E-state index contributed by atoms with van der Waals surface area (Å²) in [7, 11) is 0.